The molecule has 1 aliphatic rings. The zero-order valence-electron chi connectivity index (χ0n) is 14.6. The topological polar surface area (TPSA) is 96.0 Å². The Balaban J connectivity index is 1.91. The number of alkyl halides is 3. The number of carbonyl (C=O) groups excluding carboxylic acids is 1. The summed E-state index contributed by atoms with van der Waals surface area (Å²) in [5.74, 6) is -1.09. The number of benzene rings is 2. The average Bonchev–Trinajstić information content (AvgIpc) is 3.01. The van der Waals surface area contributed by atoms with Crippen molar-refractivity contribution in [3.63, 3.8) is 0 Å². The second-order valence-electron chi connectivity index (χ2n) is 6.35. The van der Waals surface area contributed by atoms with Gasteiger partial charge in [-0.05, 0) is 23.3 Å². The Morgan fingerprint density at radius 1 is 1.28 bits per heavy atom. The lowest BCUT2D eigenvalue weighted by Crippen LogP contribution is -2.57. The molecule has 2 aromatic carbocycles. The zero-order valence-corrected chi connectivity index (χ0v) is 16.1. The minimum absolute atomic E-state index is 0.0463. The van der Waals surface area contributed by atoms with Crippen LogP contribution in [-0.4, -0.2) is 38.6 Å². The molecule has 0 saturated heterocycles. The summed E-state index contributed by atoms with van der Waals surface area (Å²) in [5.41, 5.74) is -3.22. The van der Waals surface area contributed by atoms with E-state index in [0.717, 1.165) is 12.1 Å². The lowest BCUT2D eigenvalue weighted by atomic mass is 10.0. The summed E-state index contributed by atoms with van der Waals surface area (Å²) < 4.78 is 41.4. The van der Waals surface area contributed by atoms with Crippen molar-refractivity contribution in [3.8, 4) is 0 Å². The molecule has 0 unspecified atom stereocenters. The maximum absolute atomic E-state index is 13.6. The third kappa shape index (κ3) is 4.15. The number of hydrogen-bond donors (Lipinski definition) is 1. The fourth-order valence-corrected chi connectivity index (χ4v) is 3.24. The van der Waals surface area contributed by atoms with E-state index >= 15 is 0 Å². The fraction of sp³-hybridized carbons (Fsp3) is 0.222. The minimum atomic E-state index is -5.14. The number of halogens is 4. The Bertz CT molecular complexity index is 995. The lowest BCUT2D eigenvalue weighted by Gasteiger charge is -2.32. The quantitative estimate of drug-likeness (QED) is 0.541. The first-order valence-corrected chi connectivity index (χ1v) is 8.99. The third-order valence-corrected chi connectivity index (χ3v) is 4.83. The highest BCUT2D eigenvalue weighted by Gasteiger charge is 2.63. The maximum Gasteiger partial charge on any atom is 0.438 e. The SMILES string of the molecule is O=C(Cc1ccc([N+](=O)[O-])cc1)N1N=C(c2cccc(Br)c2)C[C@@]1(O)C(F)(F)F. The van der Waals surface area contributed by atoms with Crippen molar-refractivity contribution >= 4 is 33.2 Å². The van der Waals surface area contributed by atoms with E-state index in [4.69, 9.17) is 0 Å². The highest BCUT2D eigenvalue weighted by molar-refractivity contribution is 9.10. The van der Waals surface area contributed by atoms with Crippen LogP contribution in [0.15, 0.2) is 58.1 Å². The van der Waals surface area contributed by atoms with E-state index in [-0.39, 0.29) is 22.0 Å². The van der Waals surface area contributed by atoms with Crippen molar-refractivity contribution in [1.82, 2.24) is 5.01 Å². The van der Waals surface area contributed by atoms with Crippen molar-refractivity contribution < 1.29 is 28.0 Å². The normalized spacial score (nSPS) is 19.2. The Kier molecular flexibility index (Phi) is 5.46. The minimum Gasteiger partial charge on any atom is -0.362 e. The molecule has 1 heterocycles. The number of hydrazone groups is 1. The van der Waals surface area contributed by atoms with E-state index in [1.807, 2.05) is 0 Å². The van der Waals surface area contributed by atoms with Gasteiger partial charge in [-0.3, -0.25) is 14.9 Å². The van der Waals surface area contributed by atoms with E-state index in [1.54, 1.807) is 12.1 Å². The van der Waals surface area contributed by atoms with Crippen LogP contribution >= 0.6 is 15.9 Å². The van der Waals surface area contributed by atoms with Crippen LogP contribution < -0.4 is 0 Å². The number of non-ortho nitro benzene ring substituents is 1. The molecule has 3 rings (SSSR count). The van der Waals surface area contributed by atoms with Crippen LogP contribution in [0.1, 0.15) is 17.5 Å². The van der Waals surface area contributed by atoms with Crippen molar-refractivity contribution in [1.29, 1.82) is 0 Å². The van der Waals surface area contributed by atoms with Crippen LogP contribution in [0.2, 0.25) is 0 Å². The first-order valence-electron chi connectivity index (χ1n) is 8.20. The maximum atomic E-state index is 13.6. The number of hydrogen-bond acceptors (Lipinski definition) is 5. The van der Waals surface area contributed by atoms with E-state index in [9.17, 15) is 33.2 Å². The molecule has 0 bridgehead atoms. The molecule has 1 amide bonds. The van der Waals surface area contributed by atoms with Crippen molar-refractivity contribution in [2.45, 2.75) is 24.7 Å². The summed E-state index contributed by atoms with van der Waals surface area (Å²) in [7, 11) is 0. The summed E-state index contributed by atoms with van der Waals surface area (Å²) in [6, 6.07) is 11.1. The summed E-state index contributed by atoms with van der Waals surface area (Å²) in [5, 5.41) is 24.8. The molecule has 7 nitrogen and oxygen atoms in total. The Hall–Kier alpha value is -2.79. The highest BCUT2D eigenvalue weighted by Crippen LogP contribution is 2.41. The smallest absolute Gasteiger partial charge is 0.362 e. The number of rotatable bonds is 4. The first-order chi connectivity index (χ1) is 13.5. The Morgan fingerprint density at radius 2 is 1.93 bits per heavy atom. The van der Waals surface area contributed by atoms with Gasteiger partial charge < -0.3 is 5.11 Å². The van der Waals surface area contributed by atoms with Crippen LogP contribution in [0.25, 0.3) is 0 Å². The number of aliphatic hydroxyl groups is 1. The molecule has 1 aliphatic heterocycles. The van der Waals surface area contributed by atoms with Gasteiger partial charge in [-0.1, -0.05) is 40.2 Å². The molecule has 1 N–H and O–H groups in total. The summed E-state index contributed by atoms with van der Waals surface area (Å²) in [6.07, 6.45) is -6.58. The fourth-order valence-electron chi connectivity index (χ4n) is 2.84. The molecular formula is C18H13BrF3N3O4. The molecule has 1 atom stereocenters. The second kappa shape index (κ2) is 7.56. The van der Waals surface area contributed by atoms with Crippen molar-refractivity contribution in [2.24, 2.45) is 5.10 Å². The molecule has 2 aromatic rings. The van der Waals surface area contributed by atoms with Crippen LogP contribution in [0.3, 0.4) is 0 Å². The van der Waals surface area contributed by atoms with Gasteiger partial charge in [0.25, 0.3) is 11.4 Å². The standard InChI is InChI=1S/C18H13BrF3N3O4/c19-13-3-1-2-12(9-13)15-10-17(27,18(20,21)22)24(23-15)16(26)8-11-4-6-14(7-5-11)25(28)29/h1-7,9,27H,8,10H2/t17-/m1/s1. The van der Waals surface area contributed by atoms with Crippen molar-refractivity contribution in [2.75, 3.05) is 0 Å². The van der Waals surface area contributed by atoms with Crippen molar-refractivity contribution in [3.05, 3.63) is 74.2 Å². The molecule has 0 aromatic heterocycles. The molecule has 0 spiro atoms. The molecule has 0 aliphatic carbocycles. The van der Waals surface area contributed by atoms with Gasteiger partial charge in [-0.2, -0.15) is 23.3 Å². The van der Waals surface area contributed by atoms with Gasteiger partial charge in [0.05, 0.1) is 23.5 Å². The Labute approximate surface area is 170 Å². The molecule has 11 heteroatoms. The van der Waals surface area contributed by atoms with Crippen LogP contribution in [0, 0.1) is 10.1 Å². The average molecular weight is 472 g/mol. The third-order valence-electron chi connectivity index (χ3n) is 4.34. The van der Waals surface area contributed by atoms with Crippen LogP contribution in [0.5, 0.6) is 0 Å². The van der Waals surface area contributed by atoms with Gasteiger partial charge in [-0.25, -0.2) is 0 Å². The van der Waals surface area contributed by atoms with E-state index in [1.165, 1.54) is 24.3 Å². The molecule has 0 saturated carbocycles. The number of amides is 1. The van der Waals surface area contributed by atoms with E-state index < -0.39 is 35.6 Å². The number of nitrogens with zero attached hydrogens (tertiary/aromatic N) is 3. The van der Waals surface area contributed by atoms with Gasteiger partial charge in [0.1, 0.15) is 0 Å². The summed E-state index contributed by atoms with van der Waals surface area (Å²) >= 11 is 3.21. The predicted molar refractivity (Wildman–Crippen MR) is 99.9 cm³/mol. The van der Waals surface area contributed by atoms with Gasteiger partial charge in [0, 0.05) is 16.6 Å². The molecule has 152 valence electrons. The lowest BCUT2D eigenvalue weighted by molar-refractivity contribution is -0.384. The zero-order chi connectivity index (χ0) is 21.4. The molecular weight excluding hydrogens is 459 g/mol. The molecule has 0 fully saturated rings. The molecule has 29 heavy (non-hydrogen) atoms. The Morgan fingerprint density at radius 3 is 2.48 bits per heavy atom. The monoisotopic (exact) mass is 471 g/mol. The molecule has 0 radical (unpaired) electrons. The summed E-state index contributed by atoms with van der Waals surface area (Å²) in [6.45, 7) is 0. The van der Waals surface area contributed by atoms with Gasteiger partial charge in [0.2, 0.25) is 5.91 Å². The second-order valence-corrected chi connectivity index (χ2v) is 7.27. The first kappa shape index (κ1) is 20.9. The summed E-state index contributed by atoms with van der Waals surface area (Å²) in [4.78, 5) is 22.6. The number of nitro benzene ring substituents is 1. The van der Waals surface area contributed by atoms with Crippen LogP contribution in [-0.2, 0) is 11.2 Å². The van der Waals surface area contributed by atoms with Crippen LogP contribution in [0.4, 0.5) is 18.9 Å². The van der Waals surface area contributed by atoms with Gasteiger partial charge in [0.15, 0.2) is 0 Å². The predicted octanol–water partition coefficient (Wildman–Crippen LogP) is 3.79. The largest absolute Gasteiger partial charge is 0.438 e. The number of carbonyl (C=O) groups is 1. The van der Waals surface area contributed by atoms with Gasteiger partial charge >= 0.3 is 6.18 Å². The van der Waals surface area contributed by atoms with E-state index in [2.05, 4.69) is 21.0 Å². The van der Waals surface area contributed by atoms with Gasteiger partial charge in [-0.15, -0.1) is 0 Å². The number of nitro groups is 1. The highest BCUT2D eigenvalue weighted by atomic mass is 79.9. The van der Waals surface area contributed by atoms with E-state index in [0.29, 0.717) is 10.0 Å².